The molecule has 0 saturated carbocycles. The van der Waals surface area contributed by atoms with E-state index in [4.69, 9.17) is 23.2 Å². The summed E-state index contributed by atoms with van der Waals surface area (Å²) in [6, 6.07) is 12.6. The van der Waals surface area contributed by atoms with Crippen LogP contribution in [0.3, 0.4) is 0 Å². The van der Waals surface area contributed by atoms with E-state index in [1.165, 1.54) is 0 Å². The maximum absolute atomic E-state index is 11.9. The third-order valence-corrected chi connectivity index (χ3v) is 3.92. The van der Waals surface area contributed by atoms with Gasteiger partial charge >= 0.3 is 0 Å². The molecular weight excluding hydrogens is 335 g/mol. The van der Waals surface area contributed by atoms with Crippen molar-refractivity contribution in [1.82, 2.24) is 5.32 Å². The van der Waals surface area contributed by atoms with Crippen molar-refractivity contribution in [2.45, 2.75) is 19.9 Å². The van der Waals surface area contributed by atoms with Gasteiger partial charge in [-0.15, -0.1) is 0 Å². The zero-order chi connectivity index (χ0) is 16.8. The van der Waals surface area contributed by atoms with Gasteiger partial charge in [-0.25, -0.2) is 0 Å². The molecule has 2 amide bonds. The lowest BCUT2D eigenvalue weighted by Gasteiger charge is -2.10. The number of carbonyl (C=O) groups excluding carboxylic acids is 2. The van der Waals surface area contributed by atoms with E-state index < -0.39 is 5.91 Å². The molecule has 2 aromatic carbocycles. The Morgan fingerprint density at radius 3 is 2.26 bits per heavy atom. The second-order valence-electron chi connectivity index (χ2n) is 5.02. The minimum atomic E-state index is -0.470. The van der Waals surface area contributed by atoms with Crippen LogP contribution in [0.4, 0.5) is 5.69 Å². The molecule has 120 valence electrons. The molecule has 0 atom stereocenters. The van der Waals surface area contributed by atoms with Gasteiger partial charge in [-0.3, -0.25) is 9.59 Å². The van der Waals surface area contributed by atoms with Gasteiger partial charge < -0.3 is 10.6 Å². The van der Waals surface area contributed by atoms with Crippen molar-refractivity contribution in [2.24, 2.45) is 0 Å². The van der Waals surface area contributed by atoms with Gasteiger partial charge in [-0.2, -0.15) is 0 Å². The molecule has 0 heterocycles. The number of halogens is 2. The van der Waals surface area contributed by atoms with Gasteiger partial charge in [0.25, 0.3) is 0 Å². The summed E-state index contributed by atoms with van der Waals surface area (Å²) in [6.07, 6.45) is -0.298. The average molecular weight is 351 g/mol. The molecule has 0 aromatic heterocycles. The molecule has 0 aliphatic carbocycles. The van der Waals surface area contributed by atoms with E-state index in [9.17, 15) is 9.59 Å². The predicted molar refractivity (Wildman–Crippen MR) is 92.7 cm³/mol. The third kappa shape index (κ3) is 4.98. The molecule has 2 rings (SSSR count). The highest BCUT2D eigenvalue weighted by atomic mass is 35.5. The van der Waals surface area contributed by atoms with E-state index in [0.717, 1.165) is 11.1 Å². The molecule has 2 aromatic rings. The molecule has 4 nitrogen and oxygen atoms in total. The quantitative estimate of drug-likeness (QED) is 0.802. The third-order valence-electron chi connectivity index (χ3n) is 3.29. The van der Waals surface area contributed by atoms with Crippen LogP contribution >= 0.6 is 23.2 Å². The Kier molecular flexibility index (Phi) is 6.02. The fraction of sp³-hybridized carbons (Fsp3) is 0.176. The number of hydrogen-bond acceptors (Lipinski definition) is 2. The van der Waals surface area contributed by atoms with Gasteiger partial charge in [-0.1, -0.05) is 53.5 Å². The van der Waals surface area contributed by atoms with Crippen LogP contribution in [0, 0.1) is 6.92 Å². The number of carbonyl (C=O) groups is 2. The lowest BCUT2D eigenvalue weighted by molar-refractivity contribution is -0.126. The molecule has 0 bridgehead atoms. The maximum Gasteiger partial charge on any atom is 0.233 e. The van der Waals surface area contributed by atoms with Gasteiger partial charge in [0.15, 0.2) is 0 Å². The van der Waals surface area contributed by atoms with Crippen molar-refractivity contribution in [3.63, 3.8) is 0 Å². The molecule has 23 heavy (non-hydrogen) atoms. The van der Waals surface area contributed by atoms with Crippen molar-refractivity contribution in [3.8, 4) is 0 Å². The Bertz CT molecular complexity index is 712. The predicted octanol–water partition coefficient (Wildman–Crippen LogP) is 3.95. The number of rotatable bonds is 5. The van der Waals surface area contributed by atoms with Crippen molar-refractivity contribution >= 4 is 40.7 Å². The van der Waals surface area contributed by atoms with Crippen LogP contribution in [-0.4, -0.2) is 11.8 Å². The smallest absolute Gasteiger partial charge is 0.233 e. The summed E-state index contributed by atoms with van der Waals surface area (Å²) >= 11 is 11.9. The number of anilines is 1. The summed E-state index contributed by atoms with van der Waals surface area (Å²) in [5.41, 5.74) is 2.41. The van der Waals surface area contributed by atoms with Gasteiger partial charge in [0, 0.05) is 6.54 Å². The molecule has 0 radical (unpaired) electrons. The van der Waals surface area contributed by atoms with Gasteiger partial charge in [0.2, 0.25) is 11.8 Å². The van der Waals surface area contributed by atoms with Crippen molar-refractivity contribution in [2.75, 3.05) is 5.32 Å². The zero-order valence-electron chi connectivity index (χ0n) is 12.5. The SMILES string of the molecule is Cc1ccccc1CNC(=O)CC(=O)Nc1c(Cl)cccc1Cl. The molecule has 0 aliphatic rings. The molecular formula is C17H16Cl2N2O2. The van der Waals surface area contributed by atoms with Crippen LogP contribution < -0.4 is 10.6 Å². The highest BCUT2D eigenvalue weighted by Crippen LogP contribution is 2.29. The first-order valence-electron chi connectivity index (χ1n) is 7.02. The van der Waals surface area contributed by atoms with Crippen LogP contribution in [0.5, 0.6) is 0 Å². The number of hydrogen-bond donors (Lipinski definition) is 2. The van der Waals surface area contributed by atoms with E-state index in [1.807, 2.05) is 31.2 Å². The number of benzene rings is 2. The summed E-state index contributed by atoms with van der Waals surface area (Å²) in [4.78, 5) is 23.8. The Morgan fingerprint density at radius 1 is 0.957 bits per heavy atom. The Balaban J connectivity index is 1.88. The van der Waals surface area contributed by atoms with Gasteiger partial charge in [0.05, 0.1) is 15.7 Å². The highest BCUT2D eigenvalue weighted by Gasteiger charge is 2.13. The minimum Gasteiger partial charge on any atom is -0.352 e. The van der Waals surface area contributed by atoms with E-state index in [-0.39, 0.29) is 12.3 Å². The number of amides is 2. The summed E-state index contributed by atoms with van der Waals surface area (Å²) in [5.74, 6) is -0.837. The number of aryl methyl sites for hydroxylation is 1. The summed E-state index contributed by atoms with van der Waals surface area (Å²) < 4.78 is 0. The second-order valence-corrected chi connectivity index (χ2v) is 5.84. The van der Waals surface area contributed by atoms with Crippen molar-refractivity contribution in [1.29, 1.82) is 0 Å². The fourth-order valence-corrected chi connectivity index (χ4v) is 2.50. The molecule has 0 unspecified atom stereocenters. The van der Waals surface area contributed by atoms with E-state index >= 15 is 0 Å². The second kappa shape index (κ2) is 7.99. The van der Waals surface area contributed by atoms with Crippen LogP contribution in [0.2, 0.25) is 10.0 Å². The van der Waals surface area contributed by atoms with E-state index in [1.54, 1.807) is 18.2 Å². The first-order valence-corrected chi connectivity index (χ1v) is 7.78. The van der Waals surface area contributed by atoms with Crippen LogP contribution in [0.25, 0.3) is 0 Å². The maximum atomic E-state index is 11.9. The molecule has 0 saturated heterocycles. The zero-order valence-corrected chi connectivity index (χ0v) is 14.0. The first-order chi connectivity index (χ1) is 11.0. The Labute approximate surface area is 144 Å². The highest BCUT2D eigenvalue weighted by molar-refractivity contribution is 6.39. The van der Waals surface area contributed by atoms with Crippen molar-refractivity contribution < 1.29 is 9.59 Å². The van der Waals surface area contributed by atoms with Crippen LogP contribution in [0.1, 0.15) is 17.5 Å². The normalized spacial score (nSPS) is 10.2. The molecule has 6 heteroatoms. The molecule has 0 fully saturated rings. The minimum absolute atomic E-state index is 0.298. The lowest BCUT2D eigenvalue weighted by atomic mass is 10.1. The van der Waals surface area contributed by atoms with Crippen LogP contribution in [-0.2, 0) is 16.1 Å². The monoisotopic (exact) mass is 350 g/mol. The van der Waals surface area contributed by atoms with Gasteiger partial charge in [-0.05, 0) is 30.2 Å². The van der Waals surface area contributed by atoms with Gasteiger partial charge in [0.1, 0.15) is 6.42 Å². The number of nitrogens with one attached hydrogen (secondary N) is 2. The summed E-state index contributed by atoms with van der Waals surface area (Å²) in [5, 5.41) is 5.93. The average Bonchev–Trinajstić information content (AvgIpc) is 2.50. The van der Waals surface area contributed by atoms with Crippen molar-refractivity contribution in [3.05, 3.63) is 63.6 Å². The summed E-state index contributed by atoms with van der Waals surface area (Å²) in [7, 11) is 0. The molecule has 0 aliphatic heterocycles. The largest absolute Gasteiger partial charge is 0.352 e. The Morgan fingerprint density at radius 2 is 1.61 bits per heavy atom. The van der Waals surface area contributed by atoms with E-state index in [0.29, 0.717) is 22.3 Å². The lowest BCUT2D eigenvalue weighted by Crippen LogP contribution is -2.28. The number of para-hydroxylation sites is 1. The summed E-state index contributed by atoms with van der Waals surface area (Å²) in [6.45, 7) is 2.35. The standard InChI is InChI=1S/C17H16Cl2N2O2/c1-11-5-2-3-6-12(11)10-20-15(22)9-16(23)21-17-13(18)7-4-8-14(17)19/h2-8H,9-10H2,1H3,(H,20,22)(H,21,23). The Hall–Kier alpha value is -2.04. The van der Waals surface area contributed by atoms with E-state index in [2.05, 4.69) is 10.6 Å². The topological polar surface area (TPSA) is 58.2 Å². The molecule has 0 spiro atoms. The molecule has 2 N–H and O–H groups in total. The van der Waals surface area contributed by atoms with Crippen LogP contribution in [0.15, 0.2) is 42.5 Å². The first kappa shape index (κ1) is 17.3. The fourth-order valence-electron chi connectivity index (χ4n) is 2.01.